The number of anilines is 1. The number of fused-ring (bicyclic) bond motifs is 1. The van der Waals surface area contributed by atoms with Crippen molar-refractivity contribution in [3.05, 3.63) is 35.9 Å². The predicted molar refractivity (Wildman–Crippen MR) is 109 cm³/mol. The van der Waals surface area contributed by atoms with Gasteiger partial charge in [-0.25, -0.2) is 14.3 Å². The van der Waals surface area contributed by atoms with Gasteiger partial charge in [-0.05, 0) is 31.5 Å². The number of hydrogen-bond donors (Lipinski definition) is 3. The summed E-state index contributed by atoms with van der Waals surface area (Å²) >= 11 is 0. The van der Waals surface area contributed by atoms with Crippen molar-refractivity contribution in [1.29, 1.82) is 0 Å². The molecule has 0 atom stereocenters. The molecular weight excluding hydrogens is 490 g/mol. The van der Waals surface area contributed by atoms with E-state index in [1.54, 1.807) is 6.20 Å². The lowest BCUT2D eigenvalue weighted by molar-refractivity contribution is -0.193. The number of aryl methyl sites for hydroxylation is 1. The highest BCUT2D eigenvalue weighted by Crippen LogP contribution is 2.16. The van der Waals surface area contributed by atoms with Gasteiger partial charge in [0, 0.05) is 32.0 Å². The molecule has 0 fully saturated rings. The lowest BCUT2D eigenvalue weighted by Crippen LogP contribution is -2.24. The number of nitrogens with zero attached hydrogens (tertiary/aromatic N) is 5. The third-order valence-corrected chi connectivity index (χ3v) is 4.28. The number of aromatic nitrogens is 4. The molecule has 2 aromatic rings. The maximum Gasteiger partial charge on any atom is 0.490 e. The van der Waals surface area contributed by atoms with Gasteiger partial charge in [0.2, 0.25) is 0 Å². The third kappa shape index (κ3) is 11.0. The van der Waals surface area contributed by atoms with E-state index in [4.69, 9.17) is 19.8 Å². The minimum Gasteiger partial charge on any atom is -0.475 e. The fourth-order valence-electron chi connectivity index (χ4n) is 2.75. The first kappa shape index (κ1) is 29.6. The molecule has 0 bridgehead atoms. The van der Waals surface area contributed by atoms with Crippen LogP contribution >= 0.6 is 0 Å². The van der Waals surface area contributed by atoms with Crippen molar-refractivity contribution in [2.45, 2.75) is 51.8 Å². The number of hydrogen-bond acceptors (Lipinski definition) is 7. The molecule has 0 saturated heterocycles. The number of alkyl halides is 6. The molecule has 1 aliphatic rings. The molecule has 0 unspecified atom stereocenters. The SMILES string of the molecule is CCCN1CCCn2nnc(CNc3cccnc3)c2C1.O=C(O)C(F)(F)F.O=C(O)C(F)(F)F. The Labute approximate surface area is 195 Å². The van der Waals surface area contributed by atoms with E-state index in [9.17, 15) is 26.3 Å². The molecule has 0 radical (unpaired) electrons. The van der Waals surface area contributed by atoms with Gasteiger partial charge < -0.3 is 15.5 Å². The zero-order valence-corrected chi connectivity index (χ0v) is 18.5. The Kier molecular flexibility index (Phi) is 11.4. The van der Waals surface area contributed by atoms with Gasteiger partial charge in [0.15, 0.2) is 0 Å². The van der Waals surface area contributed by atoms with Crippen LogP contribution < -0.4 is 5.32 Å². The van der Waals surface area contributed by atoms with Crippen LogP contribution in [0.1, 0.15) is 31.2 Å². The Balaban J connectivity index is 0.000000362. The number of aliphatic carboxylic acids is 2. The van der Waals surface area contributed by atoms with E-state index in [0.717, 1.165) is 44.0 Å². The standard InChI is InChI=1S/C15H22N6.2C2HF3O2/c1-2-7-20-8-4-9-21-15(12-20)14(18-19-21)11-17-13-5-3-6-16-10-13;2*3-2(4,5)1(6)7/h3,5-6,10,17H,2,4,7-9,11-12H2,1H3;2*(H,6,7). The van der Waals surface area contributed by atoms with Gasteiger partial charge in [0.1, 0.15) is 5.69 Å². The number of nitrogens with one attached hydrogen (secondary N) is 1. The molecule has 3 heterocycles. The quantitative estimate of drug-likeness (QED) is 0.515. The molecule has 10 nitrogen and oxygen atoms in total. The van der Waals surface area contributed by atoms with E-state index in [0.29, 0.717) is 6.54 Å². The highest BCUT2D eigenvalue weighted by molar-refractivity contribution is 5.73. The number of carboxylic acids is 2. The Morgan fingerprint density at radius 1 is 1.09 bits per heavy atom. The lowest BCUT2D eigenvalue weighted by Gasteiger charge is -2.18. The minimum absolute atomic E-state index is 0.695. The molecule has 3 N–H and O–H groups in total. The number of carbonyl (C=O) groups is 2. The van der Waals surface area contributed by atoms with Crippen molar-refractivity contribution in [2.24, 2.45) is 0 Å². The summed E-state index contributed by atoms with van der Waals surface area (Å²) in [6.07, 6.45) is -4.24. The second-order valence-corrected chi connectivity index (χ2v) is 7.04. The van der Waals surface area contributed by atoms with Gasteiger partial charge in [-0.15, -0.1) is 5.10 Å². The molecule has 2 aromatic heterocycles. The Hall–Kier alpha value is -3.43. The van der Waals surface area contributed by atoms with Crippen LogP contribution in [-0.2, 0) is 29.2 Å². The zero-order chi connectivity index (χ0) is 26.6. The first-order chi connectivity index (χ1) is 16.3. The smallest absolute Gasteiger partial charge is 0.475 e. The normalized spacial score (nSPS) is 13.8. The highest BCUT2D eigenvalue weighted by Gasteiger charge is 2.38. The number of rotatable bonds is 5. The van der Waals surface area contributed by atoms with Gasteiger partial charge in [0.25, 0.3) is 0 Å². The van der Waals surface area contributed by atoms with Gasteiger partial charge in [-0.1, -0.05) is 12.1 Å². The summed E-state index contributed by atoms with van der Waals surface area (Å²) in [7, 11) is 0. The van der Waals surface area contributed by atoms with Crippen LogP contribution in [0.3, 0.4) is 0 Å². The summed E-state index contributed by atoms with van der Waals surface area (Å²) in [6.45, 7) is 7.12. The van der Waals surface area contributed by atoms with Crippen molar-refractivity contribution in [3.63, 3.8) is 0 Å². The summed E-state index contributed by atoms with van der Waals surface area (Å²) in [5, 5.41) is 26.3. The Bertz CT molecular complexity index is 912. The molecule has 0 saturated carbocycles. The fraction of sp³-hybridized carbons (Fsp3) is 0.526. The van der Waals surface area contributed by atoms with Crippen molar-refractivity contribution in [1.82, 2.24) is 24.9 Å². The van der Waals surface area contributed by atoms with Crippen molar-refractivity contribution in [2.75, 3.05) is 18.4 Å². The number of halogens is 6. The summed E-state index contributed by atoms with van der Waals surface area (Å²) in [4.78, 5) is 24.4. The maximum absolute atomic E-state index is 10.6. The maximum atomic E-state index is 10.6. The monoisotopic (exact) mass is 514 g/mol. The molecule has 0 aliphatic carbocycles. The fourth-order valence-corrected chi connectivity index (χ4v) is 2.75. The van der Waals surface area contributed by atoms with Gasteiger partial charge in [0.05, 0.1) is 17.9 Å². The first-order valence-electron chi connectivity index (χ1n) is 10.1. The van der Waals surface area contributed by atoms with Crippen LogP contribution in [0, 0.1) is 0 Å². The van der Waals surface area contributed by atoms with Crippen LogP contribution in [-0.4, -0.2) is 72.5 Å². The van der Waals surface area contributed by atoms with Gasteiger partial charge in [-0.2, -0.15) is 26.3 Å². The summed E-state index contributed by atoms with van der Waals surface area (Å²) in [6, 6.07) is 3.94. The van der Waals surface area contributed by atoms with Crippen LogP contribution in [0.25, 0.3) is 0 Å². The van der Waals surface area contributed by atoms with Gasteiger partial charge in [-0.3, -0.25) is 9.88 Å². The van der Waals surface area contributed by atoms with Crippen LogP contribution in [0.5, 0.6) is 0 Å². The molecule has 16 heteroatoms. The van der Waals surface area contributed by atoms with Crippen LogP contribution in [0.2, 0.25) is 0 Å². The molecule has 0 amide bonds. The van der Waals surface area contributed by atoms with E-state index in [1.165, 1.54) is 12.1 Å². The van der Waals surface area contributed by atoms with E-state index in [-0.39, 0.29) is 0 Å². The van der Waals surface area contributed by atoms with E-state index < -0.39 is 24.3 Å². The second kappa shape index (κ2) is 13.5. The molecule has 0 spiro atoms. The Morgan fingerprint density at radius 3 is 2.17 bits per heavy atom. The van der Waals surface area contributed by atoms with E-state index in [1.807, 2.05) is 18.3 Å². The largest absolute Gasteiger partial charge is 0.490 e. The molecule has 1 aliphatic heterocycles. The average molecular weight is 514 g/mol. The van der Waals surface area contributed by atoms with E-state index >= 15 is 0 Å². The molecular formula is C19H24F6N6O4. The second-order valence-electron chi connectivity index (χ2n) is 7.04. The Morgan fingerprint density at radius 2 is 1.69 bits per heavy atom. The molecule has 35 heavy (non-hydrogen) atoms. The van der Waals surface area contributed by atoms with Crippen molar-refractivity contribution >= 4 is 17.6 Å². The topological polar surface area (TPSA) is 133 Å². The number of pyridine rings is 1. The summed E-state index contributed by atoms with van der Waals surface area (Å²) in [5.41, 5.74) is 3.30. The van der Waals surface area contributed by atoms with Gasteiger partial charge >= 0.3 is 24.3 Å². The van der Waals surface area contributed by atoms with Crippen molar-refractivity contribution in [3.8, 4) is 0 Å². The summed E-state index contributed by atoms with van der Waals surface area (Å²) in [5.74, 6) is -5.51. The van der Waals surface area contributed by atoms with Crippen LogP contribution in [0.4, 0.5) is 32.0 Å². The molecule has 196 valence electrons. The minimum atomic E-state index is -5.08. The lowest BCUT2D eigenvalue weighted by atomic mass is 10.2. The average Bonchev–Trinajstić information content (AvgIpc) is 3.02. The molecule has 3 rings (SSSR count). The predicted octanol–water partition coefficient (Wildman–Crippen LogP) is 3.17. The zero-order valence-electron chi connectivity index (χ0n) is 18.5. The van der Waals surface area contributed by atoms with Crippen LogP contribution in [0.15, 0.2) is 24.5 Å². The van der Waals surface area contributed by atoms with Crippen molar-refractivity contribution < 1.29 is 46.1 Å². The van der Waals surface area contributed by atoms with E-state index in [2.05, 4.69) is 37.1 Å². The summed E-state index contributed by atoms with van der Waals surface area (Å²) < 4.78 is 65.5. The number of carboxylic acid groups (broad SMARTS) is 2. The highest BCUT2D eigenvalue weighted by atomic mass is 19.4. The first-order valence-corrected chi connectivity index (χ1v) is 10.1. The molecule has 0 aromatic carbocycles. The third-order valence-electron chi connectivity index (χ3n) is 4.28.